The second-order valence-electron chi connectivity index (χ2n) is 7.88. The Morgan fingerprint density at radius 3 is 2.63 bits per heavy atom. The molecule has 2 aromatic heterocycles. The molecule has 0 fully saturated rings. The van der Waals surface area contributed by atoms with Gasteiger partial charge >= 0.3 is 12.2 Å². The van der Waals surface area contributed by atoms with Crippen LogP contribution in [0.4, 0.5) is 45.2 Å². The van der Waals surface area contributed by atoms with Crippen LogP contribution in [-0.2, 0) is 6.18 Å². The predicted molar refractivity (Wildman–Crippen MR) is 130 cm³/mol. The minimum absolute atomic E-state index is 0.0713. The Kier molecular flexibility index (Phi) is 6.38. The molecule has 5 rings (SSSR count). The maximum Gasteiger partial charge on any atom is 0.416 e. The number of fused-ring (bicyclic) bond motifs is 1. The van der Waals surface area contributed by atoms with Crippen LogP contribution < -0.4 is 20.7 Å². The summed E-state index contributed by atoms with van der Waals surface area (Å²) in [5, 5.41) is 20.9. The summed E-state index contributed by atoms with van der Waals surface area (Å²) in [4.78, 5) is 20.7. The number of amides is 2. The first-order valence-electron chi connectivity index (χ1n) is 10.9. The van der Waals surface area contributed by atoms with Crippen LogP contribution in [0.1, 0.15) is 5.56 Å². The highest BCUT2D eigenvalue weighted by atomic mass is 19.4. The molecule has 2 amide bonds. The van der Waals surface area contributed by atoms with E-state index in [0.717, 1.165) is 24.3 Å². The van der Waals surface area contributed by atoms with Gasteiger partial charge in [-0.05, 0) is 36.4 Å². The lowest BCUT2D eigenvalue weighted by Crippen LogP contribution is -2.23. The third-order valence-electron chi connectivity index (χ3n) is 5.26. The van der Waals surface area contributed by atoms with E-state index in [1.54, 1.807) is 6.07 Å². The predicted octanol–water partition coefficient (Wildman–Crippen LogP) is 5.31. The van der Waals surface area contributed by atoms with Gasteiger partial charge in [-0.1, -0.05) is 0 Å². The van der Waals surface area contributed by atoms with Gasteiger partial charge in [-0.15, -0.1) is 0 Å². The number of hydrogen-bond acceptors (Lipinski definition) is 7. The third-order valence-corrected chi connectivity index (χ3v) is 5.26. The van der Waals surface area contributed by atoms with Crippen molar-refractivity contribution in [2.75, 3.05) is 16.0 Å². The van der Waals surface area contributed by atoms with Crippen molar-refractivity contribution in [3.05, 3.63) is 78.5 Å². The van der Waals surface area contributed by atoms with Crippen molar-refractivity contribution < 1.29 is 32.2 Å². The van der Waals surface area contributed by atoms with E-state index in [9.17, 15) is 27.5 Å². The van der Waals surface area contributed by atoms with Gasteiger partial charge in [0.05, 0.1) is 28.8 Å². The van der Waals surface area contributed by atoms with Crippen molar-refractivity contribution >= 4 is 35.1 Å². The Hall–Kier alpha value is -4.98. The molecule has 10 nitrogen and oxygen atoms in total. The number of nitrogens with one attached hydrogen (secondary N) is 3. The molecule has 1 unspecified atom stereocenters. The van der Waals surface area contributed by atoms with E-state index >= 15 is 0 Å². The summed E-state index contributed by atoms with van der Waals surface area (Å²) in [6.07, 6.45) is -0.0813. The van der Waals surface area contributed by atoms with Gasteiger partial charge < -0.3 is 25.8 Å². The average molecular weight is 527 g/mol. The van der Waals surface area contributed by atoms with Crippen LogP contribution in [-0.4, -0.2) is 38.3 Å². The number of aliphatic imine (C=N–C) groups is 1. The number of aliphatic hydroxyl groups excluding tert-OH is 1. The Morgan fingerprint density at radius 1 is 1.08 bits per heavy atom. The van der Waals surface area contributed by atoms with Crippen molar-refractivity contribution in [1.29, 1.82) is 0 Å². The summed E-state index contributed by atoms with van der Waals surface area (Å²) < 4.78 is 61.5. The zero-order valence-corrected chi connectivity index (χ0v) is 19.1. The standard InChI is InChI=1S/C24H17F4N7O3/c25-15-11-14(38-19-6-8-29-22-21(19)30-12-20(36)34-22)3-4-16(15)32-23(37)33-17-10-13(24(26,27)28)2-5-18(17)35-9-1-7-31-35/h1-12,20,36H,(H,29,34)(H2,32,33,37). The van der Waals surface area contributed by atoms with E-state index in [4.69, 9.17) is 4.74 Å². The molecule has 2 aromatic carbocycles. The lowest BCUT2D eigenvalue weighted by Gasteiger charge is -2.18. The van der Waals surface area contributed by atoms with Gasteiger partial charge in [-0.25, -0.2) is 23.8 Å². The van der Waals surface area contributed by atoms with E-state index in [1.165, 1.54) is 47.7 Å². The molecule has 0 spiro atoms. The molecule has 0 bridgehead atoms. The fraction of sp³-hybridized carbons (Fsp3) is 0.0833. The summed E-state index contributed by atoms with van der Waals surface area (Å²) in [5.74, 6) is -0.285. The van der Waals surface area contributed by atoms with Crippen LogP contribution in [0.15, 0.2) is 72.1 Å². The quantitative estimate of drug-likeness (QED) is 0.261. The highest BCUT2D eigenvalue weighted by Gasteiger charge is 2.31. The van der Waals surface area contributed by atoms with Crippen molar-refractivity contribution in [2.45, 2.75) is 12.4 Å². The lowest BCUT2D eigenvalue weighted by atomic mass is 10.1. The summed E-state index contributed by atoms with van der Waals surface area (Å²) in [6, 6.07) is 8.48. The number of aliphatic hydroxyl groups is 1. The molecule has 1 aliphatic heterocycles. The van der Waals surface area contributed by atoms with E-state index < -0.39 is 29.8 Å². The Balaban J connectivity index is 1.33. The minimum atomic E-state index is -4.65. The number of ether oxygens (including phenoxy) is 1. The minimum Gasteiger partial charge on any atom is -0.455 e. The first kappa shape index (κ1) is 24.7. The number of aromatic nitrogens is 3. The highest BCUT2D eigenvalue weighted by molar-refractivity contribution is 6.01. The van der Waals surface area contributed by atoms with Crippen LogP contribution >= 0.6 is 0 Å². The first-order valence-corrected chi connectivity index (χ1v) is 10.9. The molecule has 3 heterocycles. The number of carbonyl (C=O) groups is 1. The zero-order valence-electron chi connectivity index (χ0n) is 19.1. The number of anilines is 3. The molecule has 1 aliphatic rings. The smallest absolute Gasteiger partial charge is 0.416 e. The number of nitrogens with zero attached hydrogens (tertiary/aromatic N) is 4. The van der Waals surface area contributed by atoms with Crippen LogP contribution in [0.2, 0.25) is 0 Å². The summed E-state index contributed by atoms with van der Waals surface area (Å²) >= 11 is 0. The van der Waals surface area contributed by atoms with Crippen LogP contribution in [0.5, 0.6) is 11.5 Å². The largest absolute Gasteiger partial charge is 0.455 e. The van der Waals surface area contributed by atoms with Gasteiger partial charge in [0.15, 0.2) is 17.8 Å². The maximum absolute atomic E-state index is 14.8. The summed E-state index contributed by atoms with van der Waals surface area (Å²) in [7, 11) is 0. The molecule has 14 heteroatoms. The average Bonchev–Trinajstić information content (AvgIpc) is 3.40. The van der Waals surface area contributed by atoms with Gasteiger partial charge in [-0.3, -0.25) is 0 Å². The molecular weight excluding hydrogens is 510 g/mol. The molecule has 0 radical (unpaired) electrons. The number of halogens is 4. The molecule has 38 heavy (non-hydrogen) atoms. The van der Waals surface area contributed by atoms with E-state index in [1.807, 2.05) is 0 Å². The fourth-order valence-electron chi connectivity index (χ4n) is 3.56. The molecule has 1 atom stereocenters. The number of benzene rings is 2. The molecular formula is C24H17F4N7O3. The van der Waals surface area contributed by atoms with Gasteiger partial charge in [0.25, 0.3) is 0 Å². The van der Waals surface area contributed by atoms with Crippen LogP contribution in [0, 0.1) is 5.82 Å². The summed E-state index contributed by atoms with van der Waals surface area (Å²) in [6.45, 7) is 0. The van der Waals surface area contributed by atoms with E-state index in [-0.39, 0.29) is 34.4 Å². The molecule has 0 saturated carbocycles. The molecule has 0 saturated heterocycles. The van der Waals surface area contributed by atoms with E-state index in [2.05, 4.69) is 31.0 Å². The van der Waals surface area contributed by atoms with Crippen molar-refractivity contribution in [1.82, 2.24) is 14.8 Å². The first-order chi connectivity index (χ1) is 18.2. The number of hydrogen-bond donors (Lipinski definition) is 4. The van der Waals surface area contributed by atoms with Crippen LogP contribution in [0.25, 0.3) is 5.69 Å². The number of rotatable bonds is 5. The number of alkyl halides is 3. The van der Waals surface area contributed by atoms with Crippen LogP contribution in [0.3, 0.4) is 0 Å². The molecule has 4 N–H and O–H groups in total. The number of urea groups is 1. The number of carbonyl (C=O) groups excluding carboxylic acids is 1. The Morgan fingerprint density at radius 2 is 1.89 bits per heavy atom. The summed E-state index contributed by atoms with van der Waals surface area (Å²) in [5.41, 5.74) is -0.949. The van der Waals surface area contributed by atoms with E-state index in [0.29, 0.717) is 5.69 Å². The maximum atomic E-state index is 14.8. The van der Waals surface area contributed by atoms with Gasteiger partial charge in [-0.2, -0.15) is 18.3 Å². The third kappa shape index (κ3) is 5.24. The monoisotopic (exact) mass is 527 g/mol. The van der Waals surface area contributed by atoms with Crippen molar-refractivity contribution in [2.24, 2.45) is 4.99 Å². The van der Waals surface area contributed by atoms with Gasteiger partial charge in [0.2, 0.25) is 0 Å². The van der Waals surface area contributed by atoms with Crippen molar-refractivity contribution in [3.63, 3.8) is 0 Å². The molecule has 0 aliphatic carbocycles. The molecule has 194 valence electrons. The second-order valence-corrected chi connectivity index (χ2v) is 7.88. The lowest BCUT2D eigenvalue weighted by molar-refractivity contribution is -0.137. The Bertz CT molecular complexity index is 1520. The Labute approximate surface area is 211 Å². The van der Waals surface area contributed by atoms with Gasteiger partial charge in [0.1, 0.15) is 17.3 Å². The van der Waals surface area contributed by atoms with Crippen molar-refractivity contribution in [3.8, 4) is 17.2 Å². The fourth-order valence-corrected chi connectivity index (χ4v) is 3.56. The highest BCUT2D eigenvalue weighted by Crippen LogP contribution is 2.39. The SMILES string of the molecule is O=C(Nc1ccc(Oc2ccnc3c2N=CC(O)N3)cc1F)Nc1cc(C(F)(F)F)ccc1-n1cccn1. The second kappa shape index (κ2) is 9.82. The topological polar surface area (TPSA) is 126 Å². The zero-order chi connectivity index (χ0) is 26.9. The molecule has 4 aromatic rings. The van der Waals surface area contributed by atoms with Gasteiger partial charge in [0, 0.05) is 30.7 Å². The normalized spacial score (nSPS) is 14.4. The number of pyridine rings is 1.